The Hall–Kier alpha value is 0.270. The fraction of sp³-hybridized carbons (Fsp3) is 1.00. The maximum atomic E-state index is 8.97. The van der Waals surface area contributed by atoms with E-state index in [4.69, 9.17) is 5.11 Å². The average Bonchev–Trinajstić information content (AvgIpc) is 1.82. The van der Waals surface area contributed by atoms with Gasteiger partial charge >= 0.3 is 0 Å². The molecule has 0 radical (unpaired) electrons. The normalized spacial score (nSPS) is 35.6. The van der Waals surface area contributed by atoms with Crippen LogP contribution >= 0.6 is 11.8 Å². The van der Waals surface area contributed by atoms with Crippen LogP contribution in [0, 0.1) is 0 Å². The van der Waals surface area contributed by atoms with Gasteiger partial charge in [0.1, 0.15) is 5.44 Å². The van der Waals surface area contributed by atoms with Gasteiger partial charge in [-0.2, -0.15) is 0 Å². The molecule has 0 spiro atoms. The molecular weight excluding hydrogens is 122 g/mol. The number of rotatable bonds is 0. The molecule has 0 aromatic heterocycles. The molecule has 1 saturated heterocycles. The maximum Gasteiger partial charge on any atom is 0.113 e. The molecule has 1 fully saturated rings. The monoisotopic (exact) mass is 133 g/mol. The zero-order valence-electron chi connectivity index (χ0n) is 5.14. The van der Waals surface area contributed by atoms with E-state index in [1.165, 1.54) is 0 Å². The van der Waals surface area contributed by atoms with Crippen LogP contribution in [-0.2, 0) is 0 Å². The summed E-state index contributed by atoms with van der Waals surface area (Å²) in [6.07, 6.45) is 0. The molecule has 0 aromatic carbocycles. The summed E-state index contributed by atoms with van der Waals surface area (Å²) in [5, 5.41) is 12.1. The highest BCUT2D eigenvalue weighted by atomic mass is 32.2. The van der Waals surface area contributed by atoms with Gasteiger partial charge in [-0.1, -0.05) is 0 Å². The maximum absolute atomic E-state index is 8.97. The van der Waals surface area contributed by atoms with Crippen molar-refractivity contribution in [3.63, 3.8) is 0 Å². The van der Waals surface area contributed by atoms with Crippen LogP contribution in [0.1, 0.15) is 13.8 Å². The van der Waals surface area contributed by atoms with E-state index in [0.717, 1.165) is 6.54 Å². The van der Waals surface area contributed by atoms with Crippen LogP contribution in [0.2, 0.25) is 0 Å². The first-order chi connectivity index (χ1) is 3.60. The highest BCUT2D eigenvalue weighted by molar-refractivity contribution is 8.01. The van der Waals surface area contributed by atoms with Crippen molar-refractivity contribution in [2.75, 3.05) is 6.54 Å². The number of aliphatic hydroxyl groups is 1. The van der Waals surface area contributed by atoms with Crippen LogP contribution in [-0.4, -0.2) is 22.0 Å². The minimum absolute atomic E-state index is 0.0828. The lowest BCUT2D eigenvalue weighted by Gasteiger charge is -2.14. The Labute approximate surface area is 53.7 Å². The Bertz CT molecular complexity index is 94.4. The molecule has 2 N–H and O–H groups in total. The van der Waals surface area contributed by atoms with Gasteiger partial charge in [-0.15, -0.1) is 11.8 Å². The predicted molar refractivity (Wildman–Crippen MR) is 35.7 cm³/mol. The van der Waals surface area contributed by atoms with Gasteiger partial charge in [0.2, 0.25) is 0 Å². The van der Waals surface area contributed by atoms with Gasteiger partial charge in [-0.05, 0) is 13.8 Å². The molecule has 1 unspecified atom stereocenters. The predicted octanol–water partition coefficient (Wildman–Crippen LogP) is 0.377. The Balaban J connectivity index is 2.44. The molecule has 2 nitrogen and oxygen atoms in total. The van der Waals surface area contributed by atoms with Crippen molar-refractivity contribution < 1.29 is 5.11 Å². The van der Waals surface area contributed by atoms with Gasteiger partial charge < -0.3 is 5.11 Å². The Morgan fingerprint density at radius 3 is 2.50 bits per heavy atom. The van der Waals surface area contributed by atoms with Gasteiger partial charge in [0.05, 0.1) is 4.87 Å². The molecule has 1 aliphatic heterocycles. The summed E-state index contributed by atoms with van der Waals surface area (Å²) in [6.45, 7) is 4.85. The summed E-state index contributed by atoms with van der Waals surface area (Å²) in [5.74, 6) is 0. The lowest BCUT2D eigenvalue weighted by molar-refractivity contribution is 0.267. The van der Waals surface area contributed by atoms with E-state index in [1.54, 1.807) is 11.8 Å². The van der Waals surface area contributed by atoms with Gasteiger partial charge in [-0.3, -0.25) is 5.32 Å². The molecule has 1 heterocycles. The standard InChI is InChI=1S/C5H11NOS/c1-5(2)6-3-4(7)8-5/h4,6-7H,3H2,1-2H3. The minimum atomic E-state index is -0.204. The second-order valence-corrected chi connectivity index (χ2v) is 4.26. The van der Waals surface area contributed by atoms with E-state index in [0.29, 0.717) is 0 Å². The lowest BCUT2D eigenvalue weighted by atomic mass is 10.4. The number of thioether (sulfide) groups is 1. The van der Waals surface area contributed by atoms with Crippen molar-refractivity contribution in [3.05, 3.63) is 0 Å². The first kappa shape index (κ1) is 6.39. The molecular formula is C5H11NOS. The van der Waals surface area contributed by atoms with Crippen molar-refractivity contribution in [3.8, 4) is 0 Å². The summed E-state index contributed by atoms with van der Waals surface area (Å²) in [4.78, 5) is 0.0828. The first-order valence-corrected chi connectivity index (χ1v) is 3.59. The molecule has 1 aliphatic rings. The van der Waals surface area contributed by atoms with Gasteiger partial charge in [0, 0.05) is 6.54 Å². The smallest absolute Gasteiger partial charge is 0.113 e. The Morgan fingerprint density at radius 2 is 2.38 bits per heavy atom. The van der Waals surface area contributed by atoms with E-state index >= 15 is 0 Å². The van der Waals surface area contributed by atoms with Crippen molar-refractivity contribution >= 4 is 11.8 Å². The van der Waals surface area contributed by atoms with Crippen LogP contribution in [0.4, 0.5) is 0 Å². The number of nitrogens with one attached hydrogen (secondary N) is 1. The summed E-state index contributed by atoms with van der Waals surface area (Å²) in [7, 11) is 0. The molecule has 1 rings (SSSR count). The molecule has 0 saturated carbocycles. The lowest BCUT2D eigenvalue weighted by Crippen LogP contribution is -2.29. The van der Waals surface area contributed by atoms with Gasteiger partial charge in [-0.25, -0.2) is 0 Å². The molecule has 48 valence electrons. The van der Waals surface area contributed by atoms with Crippen LogP contribution < -0.4 is 5.32 Å². The first-order valence-electron chi connectivity index (χ1n) is 2.71. The summed E-state index contributed by atoms with van der Waals surface area (Å²) in [6, 6.07) is 0. The van der Waals surface area contributed by atoms with E-state index in [2.05, 4.69) is 19.2 Å². The van der Waals surface area contributed by atoms with Crippen molar-refractivity contribution in [1.29, 1.82) is 0 Å². The topological polar surface area (TPSA) is 32.3 Å². The van der Waals surface area contributed by atoms with Crippen LogP contribution in [0.5, 0.6) is 0 Å². The molecule has 0 amide bonds. The fourth-order valence-corrected chi connectivity index (χ4v) is 1.77. The van der Waals surface area contributed by atoms with Crippen LogP contribution in [0.3, 0.4) is 0 Å². The number of aliphatic hydroxyl groups excluding tert-OH is 1. The third-order valence-electron chi connectivity index (χ3n) is 1.13. The molecule has 0 bridgehead atoms. The van der Waals surface area contributed by atoms with Crippen molar-refractivity contribution in [2.24, 2.45) is 0 Å². The van der Waals surface area contributed by atoms with Gasteiger partial charge in [0.25, 0.3) is 0 Å². The zero-order chi connectivity index (χ0) is 6.20. The summed E-state index contributed by atoms with van der Waals surface area (Å²) in [5.41, 5.74) is -0.204. The zero-order valence-corrected chi connectivity index (χ0v) is 5.96. The Kier molecular flexibility index (Phi) is 1.52. The molecule has 8 heavy (non-hydrogen) atoms. The molecule has 3 heteroatoms. The van der Waals surface area contributed by atoms with Crippen molar-refractivity contribution in [2.45, 2.75) is 24.2 Å². The highest BCUT2D eigenvalue weighted by Crippen LogP contribution is 2.29. The van der Waals surface area contributed by atoms with Crippen molar-refractivity contribution in [1.82, 2.24) is 5.32 Å². The molecule has 0 aromatic rings. The minimum Gasteiger partial charge on any atom is -0.381 e. The molecule has 0 aliphatic carbocycles. The SMILES string of the molecule is CC1(C)NCC(O)S1. The average molecular weight is 133 g/mol. The second kappa shape index (κ2) is 1.90. The number of β-amino-alcohol motifs (C(OH)–C–C–N with tert-alkyl or cyclic N) is 1. The van der Waals surface area contributed by atoms with E-state index in [-0.39, 0.29) is 10.3 Å². The third kappa shape index (κ3) is 1.37. The highest BCUT2D eigenvalue weighted by Gasteiger charge is 2.28. The third-order valence-corrected chi connectivity index (χ3v) is 2.31. The molecule has 1 atom stereocenters. The van der Waals surface area contributed by atoms with Crippen LogP contribution in [0.25, 0.3) is 0 Å². The van der Waals surface area contributed by atoms with Gasteiger partial charge in [0.15, 0.2) is 0 Å². The summed E-state index contributed by atoms with van der Waals surface area (Å²) < 4.78 is 0. The van der Waals surface area contributed by atoms with E-state index in [9.17, 15) is 0 Å². The fourth-order valence-electron chi connectivity index (χ4n) is 0.757. The largest absolute Gasteiger partial charge is 0.381 e. The Morgan fingerprint density at radius 1 is 1.75 bits per heavy atom. The number of hydrogen-bond donors (Lipinski definition) is 2. The van der Waals surface area contributed by atoms with Crippen LogP contribution in [0.15, 0.2) is 0 Å². The summed E-state index contributed by atoms with van der Waals surface area (Å²) >= 11 is 1.57. The van der Waals surface area contributed by atoms with E-state index in [1.807, 2.05) is 0 Å². The second-order valence-electron chi connectivity index (χ2n) is 2.46. The van der Waals surface area contributed by atoms with E-state index < -0.39 is 0 Å². The quantitative estimate of drug-likeness (QED) is 0.501. The number of hydrogen-bond acceptors (Lipinski definition) is 3.